The van der Waals surface area contributed by atoms with E-state index in [1.54, 1.807) is 0 Å². The van der Waals surface area contributed by atoms with Gasteiger partial charge in [-0.1, -0.05) is 12.1 Å². The number of nitro groups is 1. The molecule has 0 radical (unpaired) electrons. The third-order valence-electron chi connectivity index (χ3n) is 4.53. The Morgan fingerprint density at radius 3 is 2.41 bits per heavy atom. The third kappa shape index (κ3) is 4.37. The number of nitrogens with zero attached hydrogens (tertiary/aromatic N) is 2. The standard InChI is InChI=1S/C18H21N3O5S/c1-26-18-9-8-16(12-17(18)21(22)23)27(24,25)19-13-14-4-6-15(7-5-14)20-10-2-3-11-20/h4-9,12,19H,2-3,10-11,13H2,1H3. The molecule has 1 heterocycles. The van der Waals surface area contributed by atoms with Gasteiger partial charge in [-0.15, -0.1) is 0 Å². The minimum absolute atomic E-state index is 0.0106. The number of benzene rings is 2. The number of sulfonamides is 1. The van der Waals surface area contributed by atoms with Crippen LogP contribution in [0.3, 0.4) is 0 Å². The molecule has 1 fully saturated rings. The lowest BCUT2D eigenvalue weighted by atomic mass is 10.2. The van der Waals surface area contributed by atoms with Gasteiger partial charge in [-0.05, 0) is 42.7 Å². The summed E-state index contributed by atoms with van der Waals surface area (Å²) in [6, 6.07) is 11.3. The van der Waals surface area contributed by atoms with E-state index in [-0.39, 0.29) is 17.2 Å². The highest BCUT2D eigenvalue weighted by Gasteiger charge is 2.22. The molecule has 0 atom stereocenters. The van der Waals surface area contributed by atoms with Crippen molar-refractivity contribution in [2.75, 3.05) is 25.1 Å². The second-order valence-corrected chi connectivity index (χ2v) is 8.04. The van der Waals surface area contributed by atoms with Gasteiger partial charge < -0.3 is 9.64 Å². The van der Waals surface area contributed by atoms with Crippen LogP contribution in [-0.4, -0.2) is 33.5 Å². The first kappa shape index (κ1) is 19.1. The van der Waals surface area contributed by atoms with Crippen LogP contribution in [0.2, 0.25) is 0 Å². The van der Waals surface area contributed by atoms with Crippen LogP contribution < -0.4 is 14.4 Å². The number of nitro benzene ring substituents is 1. The molecule has 0 amide bonds. The predicted molar refractivity (Wildman–Crippen MR) is 102 cm³/mol. The molecule has 0 spiro atoms. The van der Waals surface area contributed by atoms with Gasteiger partial charge in [0, 0.05) is 31.4 Å². The zero-order chi connectivity index (χ0) is 19.4. The van der Waals surface area contributed by atoms with Crippen molar-refractivity contribution in [1.82, 2.24) is 4.72 Å². The molecule has 8 nitrogen and oxygen atoms in total. The summed E-state index contributed by atoms with van der Waals surface area (Å²) in [6.45, 7) is 2.19. The molecule has 1 saturated heterocycles. The topological polar surface area (TPSA) is 102 Å². The number of anilines is 1. The van der Waals surface area contributed by atoms with E-state index in [2.05, 4.69) is 9.62 Å². The molecule has 27 heavy (non-hydrogen) atoms. The highest BCUT2D eigenvalue weighted by Crippen LogP contribution is 2.29. The summed E-state index contributed by atoms with van der Waals surface area (Å²) in [5, 5.41) is 11.1. The molecule has 0 bridgehead atoms. The lowest BCUT2D eigenvalue weighted by Gasteiger charge is -2.17. The highest BCUT2D eigenvalue weighted by molar-refractivity contribution is 7.89. The number of nitrogens with one attached hydrogen (secondary N) is 1. The first-order valence-corrected chi connectivity index (χ1v) is 10.0. The first-order valence-electron chi connectivity index (χ1n) is 8.57. The molecular formula is C18H21N3O5S. The fraction of sp³-hybridized carbons (Fsp3) is 0.333. The average Bonchev–Trinajstić information content (AvgIpc) is 3.21. The maximum absolute atomic E-state index is 12.5. The number of hydrogen-bond acceptors (Lipinski definition) is 6. The van der Waals surface area contributed by atoms with E-state index in [1.165, 1.54) is 32.1 Å². The summed E-state index contributed by atoms with van der Waals surface area (Å²) in [7, 11) is -2.59. The van der Waals surface area contributed by atoms with Gasteiger partial charge in [0.05, 0.1) is 16.9 Å². The summed E-state index contributed by atoms with van der Waals surface area (Å²) in [5.74, 6) is 0.0106. The molecule has 0 aromatic heterocycles. The van der Waals surface area contributed by atoms with E-state index < -0.39 is 20.6 Å². The van der Waals surface area contributed by atoms with Gasteiger partial charge in [-0.25, -0.2) is 13.1 Å². The lowest BCUT2D eigenvalue weighted by molar-refractivity contribution is -0.386. The SMILES string of the molecule is COc1ccc(S(=O)(=O)NCc2ccc(N3CCCC3)cc2)cc1[N+](=O)[O-]. The molecule has 3 rings (SSSR count). The van der Waals surface area contributed by atoms with E-state index in [0.717, 1.165) is 30.4 Å². The number of ether oxygens (including phenoxy) is 1. The second kappa shape index (κ2) is 7.93. The van der Waals surface area contributed by atoms with Crippen LogP contribution >= 0.6 is 0 Å². The van der Waals surface area contributed by atoms with Crippen LogP contribution in [0.15, 0.2) is 47.4 Å². The fourth-order valence-corrected chi connectivity index (χ4v) is 4.08. The van der Waals surface area contributed by atoms with Crippen molar-refractivity contribution in [2.24, 2.45) is 0 Å². The van der Waals surface area contributed by atoms with Crippen molar-refractivity contribution in [3.8, 4) is 5.75 Å². The Morgan fingerprint density at radius 2 is 1.81 bits per heavy atom. The van der Waals surface area contributed by atoms with Gasteiger partial charge >= 0.3 is 5.69 Å². The maximum Gasteiger partial charge on any atom is 0.312 e. The Kier molecular flexibility index (Phi) is 5.62. The van der Waals surface area contributed by atoms with Gasteiger partial charge in [0.2, 0.25) is 10.0 Å². The van der Waals surface area contributed by atoms with Crippen molar-refractivity contribution in [2.45, 2.75) is 24.3 Å². The number of methoxy groups -OCH3 is 1. The minimum Gasteiger partial charge on any atom is -0.490 e. The van der Waals surface area contributed by atoms with Crippen molar-refractivity contribution < 1.29 is 18.1 Å². The molecule has 144 valence electrons. The summed E-state index contributed by atoms with van der Waals surface area (Å²) in [4.78, 5) is 12.5. The number of rotatable bonds is 7. The summed E-state index contributed by atoms with van der Waals surface area (Å²) in [6.07, 6.45) is 2.38. The molecule has 2 aromatic carbocycles. The average molecular weight is 391 g/mol. The van der Waals surface area contributed by atoms with E-state index in [9.17, 15) is 18.5 Å². The normalized spacial score (nSPS) is 14.3. The van der Waals surface area contributed by atoms with Crippen LogP contribution in [0.4, 0.5) is 11.4 Å². The van der Waals surface area contributed by atoms with Crippen LogP contribution in [0.5, 0.6) is 5.75 Å². The maximum atomic E-state index is 12.5. The quantitative estimate of drug-likeness (QED) is 0.575. The molecule has 1 N–H and O–H groups in total. The Labute approximate surface area is 158 Å². The molecule has 1 aliphatic heterocycles. The van der Waals surface area contributed by atoms with Crippen molar-refractivity contribution in [1.29, 1.82) is 0 Å². The molecule has 1 aliphatic rings. The molecule has 0 aliphatic carbocycles. The van der Waals surface area contributed by atoms with Crippen LogP contribution in [0, 0.1) is 10.1 Å². The van der Waals surface area contributed by atoms with Crippen LogP contribution in [-0.2, 0) is 16.6 Å². The fourth-order valence-electron chi connectivity index (χ4n) is 3.04. The zero-order valence-corrected chi connectivity index (χ0v) is 15.7. The van der Waals surface area contributed by atoms with Crippen LogP contribution in [0.1, 0.15) is 18.4 Å². The monoisotopic (exact) mass is 391 g/mol. The van der Waals surface area contributed by atoms with E-state index in [4.69, 9.17) is 4.74 Å². The van der Waals surface area contributed by atoms with Gasteiger partial charge in [-0.2, -0.15) is 0 Å². The predicted octanol–water partition coefficient (Wildman–Crippen LogP) is 2.68. The molecular weight excluding hydrogens is 370 g/mol. The summed E-state index contributed by atoms with van der Waals surface area (Å²) >= 11 is 0. The Morgan fingerprint density at radius 1 is 1.15 bits per heavy atom. The Bertz CT molecular complexity index is 923. The smallest absolute Gasteiger partial charge is 0.312 e. The first-order chi connectivity index (χ1) is 12.9. The highest BCUT2D eigenvalue weighted by atomic mass is 32.2. The van der Waals surface area contributed by atoms with Gasteiger partial charge in [0.25, 0.3) is 0 Å². The second-order valence-electron chi connectivity index (χ2n) is 6.28. The molecule has 0 saturated carbocycles. The van der Waals surface area contributed by atoms with Gasteiger partial charge in [0.1, 0.15) is 0 Å². The van der Waals surface area contributed by atoms with Crippen molar-refractivity contribution in [3.05, 3.63) is 58.1 Å². The van der Waals surface area contributed by atoms with Crippen molar-refractivity contribution >= 4 is 21.4 Å². The molecule has 9 heteroatoms. The zero-order valence-electron chi connectivity index (χ0n) is 14.9. The van der Waals surface area contributed by atoms with Gasteiger partial charge in [0.15, 0.2) is 5.75 Å². The Hall–Kier alpha value is -2.65. The largest absolute Gasteiger partial charge is 0.490 e. The van der Waals surface area contributed by atoms with Gasteiger partial charge in [-0.3, -0.25) is 10.1 Å². The van der Waals surface area contributed by atoms with E-state index in [0.29, 0.717) is 0 Å². The Balaban J connectivity index is 1.71. The number of hydrogen-bond donors (Lipinski definition) is 1. The van der Waals surface area contributed by atoms with Crippen LogP contribution in [0.25, 0.3) is 0 Å². The van der Waals surface area contributed by atoms with E-state index >= 15 is 0 Å². The summed E-state index contributed by atoms with van der Waals surface area (Å²) < 4.78 is 32.3. The minimum atomic E-state index is -3.89. The van der Waals surface area contributed by atoms with Crippen molar-refractivity contribution in [3.63, 3.8) is 0 Å². The summed E-state index contributed by atoms with van der Waals surface area (Å²) in [5.41, 5.74) is 1.55. The van der Waals surface area contributed by atoms with E-state index in [1.807, 2.05) is 24.3 Å². The third-order valence-corrected chi connectivity index (χ3v) is 5.93. The molecule has 2 aromatic rings. The lowest BCUT2D eigenvalue weighted by Crippen LogP contribution is -2.23. The molecule has 0 unspecified atom stereocenters.